The van der Waals surface area contributed by atoms with Crippen LogP contribution in [0.15, 0.2) is 29.6 Å². The van der Waals surface area contributed by atoms with Gasteiger partial charge in [0, 0.05) is 17.5 Å². The van der Waals surface area contributed by atoms with Crippen molar-refractivity contribution in [2.24, 2.45) is 0 Å². The van der Waals surface area contributed by atoms with Gasteiger partial charge in [0.1, 0.15) is 0 Å². The standard InChI is InChI=1S/C13H14ClN3OS/c1-15-13-17-10(8-19-13)7-16-12(18)6-9-4-2-3-5-11(9)14/h2-5,8H,6-7H2,1H3,(H,15,17)(H,16,18). The van der Waals surface area contributed by atoms with E-state index in [1.54, 1.807) is 6.07 Å². The summed E-state index contributed by atoms with van der Waals surface area (Å²) in [5, 5.41) is 9.17. The molecule has 0 aliphatic carbocycles. The van der Waals surface area contributed by atoms with Crippen LogP contribution in [0, 0.1) is 0 Å². The maximum atomic E-state index is 11.8. The first-order chi connectivity index (χ1) is 9.19. The predicted molar refractivity (Wildman–Crippen MR) is 78.7 cm³/mol. The van der Waals surface area contributed by atoms with E-state index in [9.17, 15) is 4.79 Å². The van der Waals surface area contributed by atoms with Gasteiger partial charge in [0.15, 0.2) is 5.13 Å². The Bertz CT molecular complexity index is 571. The molecule has 0 spiro atoms. The molecule has 6 heteroatoms. The van der Waals surface area contributed by atoms with Crippen molar-refractivity contribution in [3.05, 3.63) is 45.9 Å². The van der Waals surface area contributed by atoms with E-state index in [1.807, 2.05) is 30.6 Å². The van der Waals surface area contributed by atoms with Gasteiger partial charge >= 0.3 is 0 Å². The van der Waals surface area contributed by atoms with Crippen molar-refractivity contribution >= 4 is 34.0 Å². The summed E-state index contributed by atoms with van der Waals surface area (Å²) >= 11 is 7.52. The molecule has 1 aromatic carbocycles. The molecule has 1 amide bonds. The van der Waals surface area contributed by atoms with Gasteiger partial charge in [-0.15, -0.1) is 11.3 Å². The lowest BCUT2D eigenvalue weighted by molar-refractivity contribution is -0.120. The highest BCUT2D eigenvalue weighted by atomic mass is 35.5. The van der Waals surface area contributed by atoms with Gasteiger partial charge in [0.25, 0.3) is 0 Å². The molecule has 1 heterocycles. The zero-order chi connectivity index (χ0) is 13.7. The molecule has 19 heavy (non-hydrogen) atoms. The molecular weight excluding hydrogens is 282 g/mol. The van der Waals surface area contributed by atoms with Crippen molar-refractivity contribution < 1.29 is 4.79 Å². The molecule has 2 rings (SSSR count). The maximum absolute atomic E-state index is 11.8. The second-order valence-corrected chi connectivity index (χ2v) is 5.20. The molecular formula is C13H14ClN3OS. The van der Waals surface area contributed by atoms with Crippen molar-refractivity contribution in [3.8, 4) is 0 Å². The Hall–Kier alpha value is -1.59. The fraction of sp³-hybridized carbons (Fsp3) is 0.231. The van der Waals surface area contributed by atoms with Crippen LogP contribution >= 0.6 is 22.9 Å². The lowest BCUT2D eigenvalue weighted by Crippen LogP contribution is -2.24. The number of hydrogen-bond acceptors (Lipinski definition) is 4. The van der Waals surface area contributed by atoms with Gasteiger partial charge < -0.3 is 10.6 Å². The topological polar surface area (TPSA) is 54.0 Å². The largest absolute Gasteiger partial charge is 0.365 e. The van der Waals surface area contributed by atoms with E-state index >= 15 is 0 Å². The number of carbonyl (C=O) groups is 1. The molecule has 2 N–H and O–H groups in total. The first-order valence-corrected chi connectivity index (χ1v) is 7.07. The summed E-state index contributed by atoms with van der Waals surface area (Å²) in [6.07, 6.45) is 0.280. The second kappa shape index (κ2) is 6.54. The van der Waals surface area contributed by atoms with E-state index in [1.165, 1.54) is 11.3 Å². The number of halogens is 1. The summed E-state index contributed by atoms with van der Waals surface area (Å²) < 4.78 is 0. The van der Waals surface area contributed by atoms with Crippen LogP contribution < -0.4 is 10.6 Å². The van der Waals surface area contributed by atoms with Gasteiger partial charge in [-0.2, -0.15) is 0 Å². The van der Waals surface area contributed by atoms with Crippen molar-refractivity contribution in [3.63, 3.8) is 0 Å². The van der Waals surface area contributed by atoms with Crippen LogP contribution in [0.5, 0.6) is 0 Å². The number of anilines is 1. The summed E-state index contributed by atoms with van der Waals surface area (Å²) in [5.41, 5.74) is 1.68. The molecule has 1 aromatic heterocycles. The molecule has 4 nitrogen and oxygen atoms in total. The van der Waals surface area contributed by atoms with Crippen LogP contribution in [0.1, 0.15) is 11.3 Å². The Balaban J connectivity index is 1.86. The maximum Gasteiger partial charge on any atom is 0.224 e. The summed E-state index contributed by atoms with van der Waals surface area (Å²) in [6.45, 7) is 0.432. The molecule has 2 aromatic rings. The van der Waals surface area contributed by atoms with E-state index in [0.717, 1.165) is 16.4 Å². The molecule has 0 atom stereocenters. The number of carbonyl (C=O) groups excluding carboxylic acids is 1. The molecule has 0 saturated carbocycles. The predicted octanol–water partition coefficient (Wildman–Crippen LogP) is 2.70. The molecule has 0 unspecified atom stereocenters. The number of benzene rings is 1. The fourth-order valence-corrected chi connectivity index (χ4v) is 2.44. The molecule has 0 fully saturated rings. The molecule has 0 radical (unpaired) electrons. The Kier molecular flexibility index (Phi) is 4.76. The van der Waals surface area contributed by atoms with Gasteiger partial charge in [0.05, 0.1) is 18.7 Å². The van der Waals surface area contributed by atoms with E-state index in [4.69, 9.17) is 11.6 Å². The highest BCUT2D eigenvalue weighted by Gasteiger charge is 2.07. The van der Waals surface area contributed by atoms with Gasteiger partial charge in [-0.25, -0.2) is 4.98 Å². The normalized spacial score (nSPS) is 10.2. The number of amides is 1. The van der Waals surface area contributed by atoms with Crippen LogP contribution in [0.25, 0.3) is 0 Å². The Morgan fingerprint density at radius 3 is 2.89 bits per heavy atom. The number of aromatic nitrogens is 1. The summed E-state index contributed by atoms with van der Waals surface area (Å²) in [6, 6.07) is 7.35. The van der Waals surface area contributed by atoms with Crippen LogP contribution in [0.2, 0.25) is 5.02 Å². The Labute approximate surface area is 120 Å². The molecule has 0 aliphatic rings. The summed E-state index contributed by atoms with van der Waals surface area (Å²) in [4.78, 5) is 16.1. The summed E-state index contributed by atoms with van der Waals surface area (Å²) in [7, 11) is 1.82. The number of hydrogen-bond donors (Lipinski definition) is 2. The fourth-order valence-electron chi connectivity index (χ4n) is 1.57. The molecule has 0 bridgehead atoms. The number of rotatable bonds is 5. The Morgan fingerprint density at radius 2 is 2.21 bits per heavy atom. The van der Waals surface area contributed by atoms with Gasteiger partial charge in [-0.05, 0) is 11.6 Å². The SMILES string of the molecule is CNc1nc(CNC(=O)Cc2ccccc2Cl)cs1. The average molecular weight is 296 g/mol. The van der Waals surface area contributed by atoms with E-state index < -0.39 is 0 Å². The first-order valence-electron chi connectivity index (χ1n) is 5.81. The summed E-state index contributed by atoms with van der Waals surface area (Å²) in [5.74, 6) is -0.0629. The van der Waals surface area contributed by atoms with Crippen LogP contribution in [-0.2, 0) is 17.8 Å². The average Bonchev–Trinajstić information content (AvgIpc) is 2.87. The molecule has 0 aliphatic heterocycles. The van der Waals surface area contributed by atoms with Gasteiger partial charge in [-0.1, -0.05) is 29.8 Å². The number of nitrogens with zero attached hydrogens (tertiary/aromatic N) is 1. The van der Waals surface area contributed by atoms with Gasteiger partial charge in [-0.3, -0.25) is 4.79 Å². The monoisotopic (exact) mass is 295 g/mol. The lowest BCUT2D eigenvalue weighted by Gasteiger charge is -2.05. The van der Waals surface area contributed by atoms with Crippen molar-refractivity contribution in [1.82, 2.24) is 10.3 Å². The highest BCUT2D eigenvalue weighted by molar-refractivity contribution is 7.13. The van der Waals surface area contributed by atoms with E-state index in [-0.39, 0.29) is 12.3 Å². The molecule has 100 valence electrons. The van der Waals surface area contributed by atoms with Gasteiger partial charge in [0.2, 0.25) is 5.91 Å². The zero-order valence-corrected chi connectivity index (χ0v) is 12.0. The third-order valence-corrected chi connectivity index (χ3v) is 3.82. The van der Waals surface area contributed by atoms with E-state index in [0.29, 0.717) is 11.6 Å². The van der Waals surface area contributed by atoms with Crippen LogP contribution in [0.4, 0.5) is 5.13 Å². The highest BCUT2D eigenvalue weighted by Crippen LogP contribution is 2.16. The second-order valence-electron chi connectivity index (χ2n) is 3.94. The zero-order valence-electron chi connectivity index (χ0n) is 10.4. The Morgan fingerprint density at radius 1 is 1.42 bits per heavy atom. The third-order valence-electron chi connectivity index (χ3n) is 2.54. The van der Waals surface area contributed by atoms with Crippen LogP contribution in [-0.4, -0.2) is 17.9 Å². The van der Waals surface area contributed by atoms with Crippen molar-refractivity contribution in [2.45, 2.75) is 13.0 Å². The van der Waals surface area contributed by atoms with Crippen molar-refractivity contribution in [2.75, 3.05) is 12.4 Å². The number of nitrogens with one attached hydrogen (secondary N) is 2. The minimum atomic E-state index is -0.0629. The van der Waals surface area contributed by atoms with Crippen LogP contribution in [0.3, 0.4) is 0 Å². The smallest absolute Gasteiger partial charge is 0.224 e. The minimum absolute atomic E-state index is 0.0629. The van der Waals surface area contributed by atoms with Crippen molar-refractivity contribution in [1.29, 1.82) is 0 Å². The minimum Gasteiger partial charge on any atom is -0.365 e. The third kappa shape index (κ3) is 3.94. The quantitative estimate of drug-likeness (QED) is 0.892. The first kappa shape index (κ1) is 13.8. The molecule has 0 saturated heterocycles. The number of thiazole rings is 1. The van der Waals surface area contributed by atoms with E-state index in [2.05, 4.69) is 15.6 Å². The lowest BCUT2D eigenvalue weighted by atomic mass is 10.1.